The average Bonchev–Trinajstić information content (AvgIpc) is 3.22. The number of pyridine rings is 1. The van der Waals surface area contributed by atoms with E-state index in [0.29, 0.717) is 60.8 Å². The van der Waals surface area contributed by atoms with Gasteiger partial charge >= 0.3 is 5.97 Å². The highest BCUT2D eigenvalue weighted by atomic mass is 32.2. The summed E-state index contributed by atoms with van der Waals surface area (Å²) in [7, 11) is 0. The van der Waals surface area contributed by atoms with Gasteiger partial charge in [0.05, 0.1) is 35.8 Å². The molecule has 1 aliphatic heterocycles. The van der Waals surface area contributed by atoms with Crippen LogP contribution in [0.5, 0.6) is 0 Å². The van der Waals surface area contributed by atoms with E-state index >= 15 is 0 Å². The average molecular weight is 761 g/mol. The first-order chi connectivity index (χ1) is 26.8. The standard InChI is InChI=1S/C43H44N4O7S/c44-36-11-3-4-12-37(36)47-40(50)14-6-5-13-39(49)46-25-32-8-1-2-9-34(32)29-19-21-31(22-20-29)43-53-33(27-55-41-35(42(51)52)10-7-23-45-41)24-38(54-43)30-17-15-28(26-48)16-18-30/h1-4,7-12,15-23,33,38,43,48H,5-6,13-14,24-27,44H2,(H,46,49)(H,47,50)(H,51,52)/t33-,38+,43+/m1/s1. The molecular weight excluding hydrogens is 717 g/mol. The molecular formula is C43H44N4O7S. The van der Waals surface area contributed by atoms with E-state index in [1.807, 2.05) is 84.9 Å². The molecule has 1 saturated heterocycles. The lowest BCUT2D eigenvalue weighted by atomic mass is 9.97. The normalized spacial score (nSPS) is 16.6. The molecule has 2 heterocycles. The van der Waals surface area contributed by atoms with Gasteiger partial charge in [-0.25, -0.2) is 9.78 Å². The Kier molecular flexibility index (Phi) is 13.7. The van der Waals surface area contributed by atoms with Gasteiger partial charge < -0.3 is 36.1 Å². The van der Waals surface area contributed by atoms with E-state index in [2.05, 4.69) is 15.6 Å². The van der Waals surface area contributed by atoms with Gasteiger partial charge in [-0.1, -0.05) is 84.9 Å². The van der Waals surface area contributed by atoms with E-state index in [9.17, 15) is 24.6 Å². The van der Waals surface area contributed by atoms with Gasteiger partial charge in [0.1, 0.15) is 5.03 Å². The highest BCUT2D eigenvalue weighted by molar-refractivity contribution is 7.99. The quantitative estimate of drug-likeness (QED) is 0.0382. The van der Waals surface area contributed by atoms with Crippen molar-refractivity contribution in [3.63, 3.8) is 0 Å². The minimum absolute atomic E-state index is 0.0529. The molecule has 6 N–H and O–H groups in total. The third-order valence-corrected chi connectivity index (χ3v) is 10.4. The van der Waals surface area contributed by atoms with Crippen LogP contribution in [0.25, 0.3) is 11.1 Å². The lowest BCUT2D eigenvalue weighted by Crippen LogP contribution is -2.31. The summed E-state index contributed by atoms with van der Waals surface area (Å²) in [5.74, 6) is -0.779. The first kappa shape index (κ1) is 39.2. The number of aromatic nitrogens is 1. The number of unbranched alkanes of at least 4 members (excludes halogenated alkanes) is 1. The number of aromatic carboxylic acids is 1. The van der Waals surface area contributed by atoms with Crippen LogP contribution in [0.3, 0.4) is 0 Å². The molecule has 4 aromatic carbocycles. The Morgan fingerprint density at radius 1 is 0.818 bits per heavy atom. The van der Waals surface area contributed by atoms with Gasteiger partial charge in [-0.2, -0.15) is 0 Å². The Morgan fingerprint density at radius 2 is 1.53 bits per heavy atom. The third kappa shape index (κ3) is 10.8. The molecule has 1 aromatic heterocycles. The van der Waals surface area contributed by atoms with E-state index in [-0.39, 0.29) is 36.2 Å². The maximum absolute atomic E-state index is 12.7. The van der Waals surface area contributed by atoms with Crippen molar-refractivity contribution in [2.75, 3.05) is 16.8 Å². The van der Waals surface area contributed by atoms with Gasteiger partial charge in [-0.05, 0) is 64.9 Å². The second kappa shape index (κ2) is 19.2. The highest BCUT2D eigenvalue weighted by Gasteiger charge is 2.32. The smallest absolute Gasteiger partial charge is 0.338 e. The molecule has 2 amide bonds. The summed E-state index contributed by atoms with van der Waals surface area (Å²) in [6.45, 7) is 0.304. The number of thioether (sulfide) groups is 1. The number of amides is 2. The zero-order valence-electron chi connectivity index (χ0n) is 30.2. The number of carbonyl (C=O) groups excluding carboxylic acids is 2. The summed E-state index contributed by atoms with van der Waals surface area (Å²) in [5, 5.41) is 25.5. The predicted octanol–water partition coefficient (Wildman–Crippen LogP) is 7.67. The molecule has 6 rings (SSSR count). The van der Waals surface area contributed by atoms with E-state index in [1.165, 1.54) is 11.8 Å². The number of hydrogen-bond acceptors (Lipinski definition) is 9. The topological polar surface area (TPSA) is 173 Å². The number of rotatable bonds is 16. The van der Waals surface area contributed by atoms with Gasteiger partial charge in [0.15, 0.2) is 6.29 Å². The number of carboxylic acids is 1. The Labute approximate surface area is 324 Å². The molecule has 0 spiro atoms. The molecule has 55 heavy (non-hydrogen) atoms. The fraction of sp³-hybridized carbons (Fsp3) is 0.256. The molecule has 0 saturated carbocycles. The van der Waals surface area contributed by atoms with Gasteiger partial charge in [0.25, 0.3) is 0 Å². The maximum Gasteiger partial charge on any atom is 0.338 e. The lowest BCUT2D eigenvalue weighted by Gasteiger charge is -2.36. The number of anilines is 2. The fourth-order valence-electron chi connectivity index (χ4n) is 6.32. The van der Waals surface area contributed by atoms with Crippen LogP contribution in [0.2, 0.25) is 0 Å². The van der Waals surface area contributed by atoms with Crippen molar-refractivity contribution in [2.45, 2.75) is 68.8 Å². The monoisotopic (exact) mass is 760 g/mol. The summed E-state index contributed by atoms with van der Waals surface area (Å²) < 4.78 is 13.0. The third-order valence-electron chi connectivity index (χ3n) is 9.30. The first-order valence-electron chi connectivity index (χ1n) is 18.2. The number of aliphatic hydroxyl groups excluding tert-OH is 1. The Morgan fingerprint density at radius 3 is 2.27 bits per heavy atom. The number of para-hydroxylation sites is 2. The van der Waals surface area contributed by atoms with Crippen molar-refractivity contribution >= 4 is 40.9 Å². The van der Waals surface area contributed by atoms with E-state index in [1.54, 1.807) is 30.5 Å². The van der Waals surface area contributed by atoms with Crippen LogP contribution < -0.4 is 16.4 Å². The van der Waals surface area contributed by atoms with Crippen LogP contribution in [0.1, 0.15) is 77.1 Å². The predicted molar refractivity (Wildman–Crippen MR) is 212 cm³/mol. The molecule has 1 aliphatic rings. The lowest BCUT2D eigenvalue weighted by molar-refractivity contribution is -0.245. The van der Waals surface area contributed by atoms with Crippen molar-refractivity contribution in [1.82, 2.24) is 10.3 Å². The van der Waals surface area contributed by atoms with Crippen LogP contribution in [0.15, 0.2) is 120 Å². The van der Waals surface area contributed by atoms with Crippen molar-refractivity contribution in [3.8, 4) is 11.1 Å². The molecule has 284 valence electrons. The van der Waals surface area contributed by atoms with Gasteiger partial charge in [0, 0.05) is 43.3 Å². The second-order valence-corrected chi connectivity index (χ2v) is 14.2. The number of nitrogens with one attached hydrogen (secondary N) is 2. The van der Waals surface area contributed by atoms with Crippen LogP contribution in [0, 0.1) is 0 Å². The maximum atomic E-state index is 12.7. The zero-order valence-corrected chi connectivity index (χ0v) is 31.0. The largest absolute Gasteiger partial charge is 0.478 e. The van der Waals surface area contributed by atoms with Gasteiger partial charge in [-0.3, -0.25) is 9.59 Å². The Balaban J connectivity index is 1.07. The SMILES string of the molecule is Nc1ccccc1NC(=O)CCCCC(=O)NCc1ccccc1-c1ccc([C@H]2O[C@@H](CSc3ncccc3C(=O)O)C[C@@H](c3ccc(CO)cc3)O2)cc1. The number of carboxylic acid groups (broad SMARTS) is 1. The summed E-state index contributed by atoms with van der Waals surface area (Å²) in [4.78, 5) is 41.1. The molecule has 0 radical (unpaired) electrons. The number of nitrogen functional groups attached to an aromatic ring is 1. The molecule has 11 nitrogen and oxygen atoms in total. The van der Waals surface area contributed by atoms with Crippen molar-refractivity contribution in [3.05, 3.63) is 143 Å². The van der Waals surface area contributed by atoms with Crippen molar-refractivity contribution < 1.29 is 34.1 Å². The zero-order chi connectivity index (χ0) is 38.6. The van der Waals surface area contributed by atoms with Gasteiger partial charge in [-0.15, -0.1) is 11.8 Å². The van der Waals surface area contributed by atoms with Crippen molar-refractivity contribution in [1.29, 1.82) is 0 Å². The number of nitrogens with two attached hydrogens (primary N) is 1. The number of ether oxygens (including phenoxy) is 2. The van der Waals surface area contributed by atoms with E-state index < -0.39 is 12.3 Å². The van der Waals surface area contributed by atoms with Crippen molar-refractivity contribution in [2.24, 2.45) is 0 Å². The molecule has 1 fully saturated rings. The number of benzene rings is 4. The number of nitrogens with zero attached hydrogens (tertiary/aromatic N) is 1. The van der Waals surface area contributed by atoms with Crippen LogP contribution in [0.4, 0.5) is 11.4 Å². The minimum Gasteiger partial charge on any atom is -0.478 e. The number of aliphatic hydroxyl groups is 1. The summed E-state index contributed by atoms with van der Waals surface area (Å²) in [6.07, 6.45) is 2.65. The molecule has 0 bridgehead atoms. The molecule has 3 atom stereocenters. The second-order valence-electron chi connectivity index (χ2n) is 13.2. The fourth-order valence-corrected chi connectivity index (χ4v) is 7.32. The molecule has 5 aromatic rings. The summed E-state index contributed by atoms with van der Waals surface area (Å²) >= 11 is 1.34. The highest BCUT2D eigenvalue weighted by Crippen LogP contribution is 2.40. The summed E-state index contributed by atoms with van der Waals surface area (Å²) in [5.41, 5.74) is 12.6. The van der Waals surface area contributed by atoms with Crippen LogP contribution in [-0.4, -0.2) is 44.8 Å². The summed E-state index contributed by atoms with van der Waals surface area (Å²) in [6, 6.07) is 33.8. The number of hydrogen-bond donors (Lipinski definition) is 5. The molecule has 0 unspecified atom stereocenters. The Bertz CT molecular complexity index is 2080. The minimum atomic E-state index is -1.03. The van der Waals surface area contributed by atoms with Crippen LogP contribution >= 0.6 is 11.8 Å². The first-order valence-corrected chi connectivity index (χ1v) is 19.2. The van der Waals surface area contributed by atoms with Crippen LogP contribution in [-0.2, 0) is 32.2 Å². The van der Waals surface area contributed by atoms with E-state index in [4.69, 9.17) is 15.2 Å². The molecule has 0 aliphatic carbocycles. The van der Waals surface area contributed by atoms with Gasteiger partial charge in [0.2, 0.25) is 11.8 Å². The Hall–Kier alpha value is -5.53. The number of carbonyl (C=O) groups is 3. The molecule has 12 heteroatoms. The van der Waals surface area contributed by atoms with E-state index in [0.717, 1.165) is 33.4 Å².